The van der Waals surface area contributed by atoms with Gasteiger partial charge in [0.25, 0.3) is 0 Å². The molecule has 0 aromatic carbocycles. The fourth-order valence-electron chi connectivity index (χ4n) is 2.69. The summed E-state index contributed by atoms with van der Waals surface area (Å²) in [5.41, 5.74) is 5.43. The first-order chi connectivity index (χ1) is 9.45. The van der Waals surface area contributed by atoms with Crippen molar-refractivity contribution < 1.29 is 19.1 Å². The summed E-state index contributed by atoms with van der Waals surface area (Å²) in [7, 11) is 0. The van der Waals surface area contributed by atoms with Crippen molar-refractivity contribution in [1.82, 2.24) is 4.90 Å². The van der Waals surface area contributed by atoms with E-state index in [0.717, 1.165) is 25.9 Å². The van der Waals surface area contributed by atoms with Gasteiger partial charge in [0.15, 0.2) is 0 Å². The van der Waals surface area contributed by atoms with Crippen LogP contribution in [0, 0.1) is 12.8 Å². The number of carboxylic acids is 1. The number of nitrogens with zero attached hydrogens (tertiary/aromatic N) is 1. The maximum Gasteiger partial charge on any atom is 0.339 e. The number of aryl methyl sites for hydroxylation is 1. The van der Waals surface area contributed by atoms with E-state index in [2.05, 4.69) is 4.90 Å². The van der Waals surface area contributed by atoms with Gasteiger partial charge in [0.1, 0.15) is 17.1 Å². The first-order valence-electron chi connectivity index (χ1n) is 6.79. The molecule has 1 amide bonds. The van der Waals surface area contributed by atoms with E-state index in [4.69, 9.17) is 15.3 Å². The number of carbonyl (C=O) groups excluding carboxylic acids is 1. The number of carbonyl (C=O) groups is 2. The number of amides is 1. The average molecular weight is 280 g/mol. The second kappa shape index (κ2) is 6.09. The van der Waals surface area contributed by atoms with Crippen LogP contribution in [0.1, 0.15) is 41.1 Å². The molecule has 0 aliphatic carbocycles. The molecule has 1 aliphatic rings. The van der Waals surface area contributed by atoms with Crippen LogP contribution < -0.4 is 5.73 Å². The number of hydrogen-bond donors (Lipinski definition) is 2. The number of carboxylic acid groups (broad SMARTS) is 1. The van der Waals surface area contributed by atoms with Crippen molar-refractivity contribution in [3.05, 3.63) is 23.2 Å². The van der Waals surface area contributed by atoms with Crippen molar-refractivity contribution in [3.63, 3.8) is 0 Å². The Balaban J connectivity index is 1.88. The second-order valence-corrected chi connectivity index (χ2v) is 5.38. The van der Waals surface area contributed by atoms with E-state index in [1.165, 1.54) is 0 Å². The lowest BCUT2D eigenvalue weighted by atomic mass is 9.93. The molecule has 1 fully saturated rings. The van der Waals surface area contributed by atoms with Crippen molar-refractivity contribution in [1.29, 1.82) is 0 Å². The number of primary amides is 1. The van der Waals surface area contributed by atoms with Crippen LogP contribution in [0.3, 0.4) is 0 Å². The highest BCUT2D eigenvalue weighted by Crippen LogP contribution is 2.23. The van der Waals surface area contributed by atoms with E-state index in [9.17, 15) is 9.59 Å². The third-order valence-electron chi connectivity index (χ3n) is 3.78. The average Bonchev–Trinajstić information content (AvgIpc) is 2.72. The number of aromatic carboxylic acids is 1. The van der Waals surface area contributed by atoms with Gasteiger partial charge >= 0.3 is 5.97 Å². The van der Waals surface area contributed by atoms with Gasteiger partial charge in [0.2, 0.25) is 5.91 Å². The molecule has 0 bridgehead atoms. The summed E-state index contributed by atoms with van der Waals surface area (Å²) in [5, 5.41) is 8.99. The summed E-state index contributed by atoms with van der Waals surface area (Å²) in [6.07, 6.45) is 2.33. The van der Waals surface area contributed by atoms with Crippen LogP contribution >= 0.6 is 0 Å². The topological polar surface area (TPSA) is 96.8 Å². The van der Waals surface area contributed by atoms with Crippen molar-refractivity contribution in [2.24, 2.45) is 11.7 Å². The molecule has 1 aromatic rings. The number of hydrogen-bond acceptors (Lipinski definition) is 4. The van der Waals surface area contributed by atoms with Crippen LogP contribution in [0.5, 0.6) is 0 Å². The zero-order chi connectivity index (χ0) is 14.7. The maximum atomic E-state index is 11.0. The Bertz CT molecular complexity index is 501. The van der Waals surface area contributed by atoms with Crippen molar-refractivity contribution >= 4 is 11.9 Å². The van der Waals surface area contributed by atoms with Gasteiger partial charge in [-0.3, -0.25) is 9.69 Å². The van der Waals surface area contributed by atoms with Gasteiger partial charge in [0, 0.05) is 6.42 Å². The molecular formula is C14H20N2O4. The predicted octanol–water partition coefficient (Wildman–Crippen LogP) is 1.37. The van der Waals surface area contributed by atoms with Crippen LogP contribution in [0.15, 0.2) is 10.5 Å². The van der Waals surface area contributed by atoms with E-state index >= 15 is 0 Å². The van der Waals surface area contributed by atoms with E-state index in [1.54, 1.807) is 13.0 Å². The van der Waals surface area contributed by atoms with Crippen molar-refractivity contribution in [2.75, 3.05) is 13.1 Å². The molecule has 2 heterocycles. The van der Waals surface area contributed by atoms with Crippen LogP contribution in [0.25, 0.3) is 0 Å². The Hall–Kier alpha value is -1.82. The molecule has 1 aromatic heterocycles. The molecule has 6 nitrogen and oxygen atoms in total. The molecule has 1 aliphatic heterocycles. The highest BCUT2D eigenvalue weighted by molar-refractivity contribution is 5.88. The molecular weight excluding hydrogens is 260 g/mol. The Morgan fingerprint density at radius 3 is 2.60 bits per heavy atom. The molecule has 0 spiro atoms. The van der Waals surface area contributed by atoms with Crippen LogP contribution in [-0.2, 0) is 11.3 Å². The lowest BCUT2D eigenvalue weighted by molar-refractivity contribution is -0.119. The molecule has 0 saturated carbocycles. The summed E-state index contributed by atoms with van der Waals surface area (Å²) in [6.45, 7) is 4.02. The van der Waals surface area contributed by atoms with Gasteiger partial charge < -0.3 is 15.3 Å². The molecule has 1 saturated heterocycles. The van der Waals surface area contributed by atoms with Gasteiger partial charge in [-0.15, -0.1) is 0 Å². The smallest absolute Gasteiger partial charge is 0.339 e. The first-order valence-corrected chi connectivity index (χ1v) is 6.79. The van der Waals surface area contributed by atoms with E-state index in [-0.39, 0.29) is 11.5 Å². The van der Waals surface area contributed by atoms with Gasteiger partial charge in [-0.1, -0.05) is 0 Å². The molecule has 110 valence electrons. The Kier molecular flexibility index (Phi) is 4.44. The van der Waals surface area contributed by atoms with Gasteiger partial charge in [-0.05, 0) is 44.8 Å². The fraction of sp³-hybridized carbons (Fsp3) is 0.571. The second-order valence-electron chi connectivity index (χ2n) is 5.38. The molecule has 0 atom stereocenters. The minimum atomic E-state index is -0.960. The summed E-state index contributed by atoms with van der Waals surface area (Å²) in [6, 6.07) is 1.59. The normalized spacial score (nSPS) is 17.2. The number of likely N-dealkylation sites (tertiary alicyclic amines) is 1. The van der Waals surface area contributed by atoms with Gasteiger partial charge in [0.05, 0.1) is 6.54 Å². The number of furan rings is 1. The number of nitrogens with two attached hydrogens (primary N) is 1. The van der Waals surface area contributed by atoms with E-state index in [1.807, 2.05) is 0 Å². The van der Waals surface area contributed by atoms with E-state index < -0.39 is 5.97 Å². The molecule has 2 rings (SSSR count). The number of rotatable bonds is 5. The van der Waals surface area contributed by atoms with Crippen molar-refractivity contribution in [3.8, 4) is 0 Å². The third kappa shape index (κ3) is 3.60. The summed E-state index contributed by atoms with van der Waals surface area (Å²) in [5.74, 6) is 0.287. The fourth-order valence-corrected chi connectivity index (χ4v) is 2.69. The highest BCUT2D eigenvalue weighted by Gasteiger charge is 2.22. The van der Waals surface area contributed by atoms with Gasteiger partial charge in [-0.2, -0.15) is 0 Å². The molecule has 0 radical (unpaired) electrons. The summed E-state index contributed by atoms with van der Waals surface area (Å²) < 4.78 is 5.47. The zero-order valence-electron chi connectivity index (χ0n) is 11.6. The monoisotopic (exact) mass is 280 g/mol. The molecule has 3 N–H and O–H groups in total. The quantitative estimate of drug-likeness (QED) is 0.849. The molecule has 6 heteroatoms. The van der Waals surface area contributed by atoms with Crippen LogP contribution in [-0.4, -0.2) is 35.0 Å². The Morgan fingerprint density at radius 1 is 1.45 bits per heavy atom. The minimum absolute atomic E-state index is 0.226. The van der Waals surface area contributed by atoms with Crippen molar-refractivity contribution in [2.45, 2.75) is 32.7 Å². The SMILES string of the molecule is Cc1oc(CN2CCC(CC(N)=O)CC2)cc1C(=O)O. The Labute approximate surface area is 117 Å². The third-order valence-corrected chi connectivity index (χ3v) is 3.78. The molecule has 20 heavy (non-hydrogen) atoms. The lowest BCUT2D eigenvalue weighted by Crippen LogP contribution is -2.34. The molecule has 0 unspecified atom stereocenters. The first kappa shape index (κ1) is 14.6. The standard InChI is InChI=1S/C14H20N2O4/c1-9-12(14(18)19)7-11(20-9)8-16-4-2-10(3-5-16)6-13(15)17/h7,10H,2-6,8H2,1H3,(H2,15,17)(H,18,19). The predicted molar refractivity (Wildman–Crippen MR) is 72.2 cm³/mol. The van der Waals surface area contributed by atoms with Gasteiger partial charge in [-0.25, -0.2) is 4.79 Å². The summed E-state index contributed by atoms with van der Waals surface area (Å²) >= 11 is 0. The Morgan fingerprint density at radius 2 is 2.10 bits per heavy atom. The largest absolute Gasteiger partial charge is 0.478 e. The number of piperidine rings is 1. The lowest BCUT2D eigenvalue weighted by Gasteiger charge is -2.30. The van der Waals surface area contributed by atoms with Crippen LogP contribution in [0.4, 0.5) is 0 Å². The minimum Gasteiger partial charge on any atom is -0.478 e. The van der Waals surface area contributed by atoms with Crippen LogP contribution in [0.2, 0.25) is 0 Å². The maximum absolute atomic E-state index is 11.0. The van der Waals surface area contributed by atoms with E-state index in [0.29, 0.717) is 30.4 Å². The summed E-state index contributed by atoms with van der Waals surface area (Å²) in [4.78, 5) is 24.0. The zero-order valence-corrected chi connectivity index (χ0v) is 11.6. The highest BCUT2D eigenvalue weighted by atomic mass is 16.4.